The van der Waals surface area contributed by atoms with Gasteiger partial charge in [-0.2, -0.15) is 5.26 Å². The number of rotatable bonds is 5. The number of pyridine rings is 1. The number of benzene rings is 1. The first-order valence-electron chi connectivity index (χ1n) is 9.23. The fraction of sp³-hybridized carbons (Fsp3) is 0.286. The summed E-state index contributed by atoms with van der Waals surface area (Å²) in [6.07, 6.45) is 9.67. The summed E-state index contributed by atoms with van der Waals surface area (Å²) in [6, 6.07) is 9.63. The van der Waals surface area contributed by atoms with E-state index in [2.05, 4.69) is 16.0 Å². The number of nitrogens with zero attached hydrogens (tertiary/aromatic N) is 4. The van der Waals surface area contributed by atoms with E-state index in [1.54, 1.807) is 36.5 Å². The Hall–Kier alpha value is -3.53. The van der Waals surface area contributed by atoms with E-state index < -0.39 is 0 Å². The van der Waals surface area contributed by atoms with Crippen molar-refractivity contribution in [3.05, 3.63) is 48.5 Å². The molecular weight excluding hydrogens is 354 g/mol. The molecule has 142 valence electrons. The van der Waals surface area contributed by atoms with Gasteiger partial charge in [0, 0.05) is 24.0 Å². The molecule has 7 heteroatoms. The van der Waals surface area contributed by atoms with Crippen LogP contribution in [0, 0.1) is 11.3 Å². The number of nitriles is 1. The summed E-state index contributed by atoms with van der Waals surface area (Å²) in [5.41, 5.74) is 7.93. The van der Waals surface area contributed by atoms with Crippen LogP contribution in [0.3, 0.4) is 0 Å². The van der Waals surface area contributed by atoms with Crippen molar-refractivity contribution in [2.24, 2.45) is 0 Å². The van der Waals surface area contributed by atoms with Crippen molar-refractivity contribution in [2.45, 2.75) is 31.8 Å². The summed E-state index contributed by atoms with van der Waals surface area (Å²) in [4.78, 5) is 8.37. The zero-order valence-corrected chi connectivity index (χ0v) is 15.6. The zero-order valence-electron chi connectivity index (χ0n) is 15.6. The molecule has 0 unspecified atom stereocenters. The Morgan fingerprint density at radius 2 is 1.96 bits per heavy atom. The van der Waals surface area contributed by atoms with Gasteiger partial charge in [0.15, 0.2) is 5.82 Å². The lowest BCUT2D eigenvalue weighted by molar-refractivity contribution is 0.209. The molecule has 3 aromatic rings. The number of imidazole rings is 1. The summed E-state index contributed by atoms with van der Waals surface area (Å²) >= 11 is 0. The minimum absolute atomic E-state index is 0.222. The minimum atomic E-state index is 0.222. The first kappa shape index (κ1) is 17.9. The van der Waals surface area contributed by atoms with Crippen LogP contribution in [0.15, 0.2) is 43.0 Å². The minimum Gasteiger partial charge on any atom is -0.497 e. The topological polar surface area (TPSA) is 99.0 Å². The first-order chi connectivity index (χ1) is 13.7. The summed E-state index contributed by atoms with van der Waals surface area (Å²) < 4.78 is 13.3. The second kappa shape index (κ2) is 7.61. The number of aromatic nitrogens is 3. The summed E-state index contributed by atoms with van der Waals surface area (Å²) in [7, 11) is 1.61. The first-order valence-corrected chi connectivity index (χ1v) is 9.23. The van der Waals surface area contributed by atoms with E-state index in [-0.39, 0.29) is 6.10 Å². The maximum atomic E-state index is 9.85. The van der Waals surface area contributed by atoms with Crippen LogP contribution in [0.5, 0.6) is 11.5 Å². The van der Waals surface area contributed by atoms with Gasteiger partial charge < -0.3 is 15.2 Å². The molecule has 0 aliphatic heterocycles. The Bertz CT molecular complexity index is 1020. The molecule has 4 rings (SSSR count). The molecule has 0 bridgehead atoms. The largest absolute Gasteiger partial charge is 0.497 e. The van der Waals surface area contributed by atoms with Gasteiger partial charge in [-0.25, -0.2) is 9.97 Å². The van der Waals surface area contributed by atoms with E-state index in [0.29, 0.717) is 28.5 Å². The Balaban J connectivity index is 1.83. The summed E-state index contributed by atoms with van der Waals surface area (Å²) in [5.74, 6) is 2.15. The van der Waals surface area contributed by atoms with Gasteiger partial charge in [0.2, 0.25) is 0 Å². The molecule has 1 aromatic carbocycles. The highest BCUT2D eigenvalue weighted by Crippen LogP contribution is 2.35. The Kier molecular flexibility index (Phi) is 4.85. The van der Waals surface area contributed by atoms with E-state index in [1.807, 2.05) is 18.2 Å². The standard InChI is InChI=1S/C21H21N5O2/c1-27-16-8-14(9-17(10-16)28-15-4-2-3-5-15)18-11-20(23)25-21(19(18)12-22)26-7-6-24-13-26/h6-11,13,15H,2-5H2,1H3,(H2,23,25). The molecule has 0 radical (unpaired) electrons. The fourth-order valence-electron chi connectivity index (χ4n) is 3.57. The lowest BCUT2D eigenvalue weighted by atomic mass is 10.0. The number of nitrogen functional groups attached to an aromatic ring is 1. The van der Waals surface area contributed by atoms with Crippen LogP contribution in [-0.4, -0.2) is 27.7 Å². The monoisotopic (exact) mass is 375 g/mol. The maximum Gasteiger partial charge on any atom is 0.158 e. The third-order valence-corrected chi connectivity index (χ3v) is 4.91. The van der Waals surface area contributed by atoms with E-state index >= 15 is 0 Å². The quantitative estimate of drug-likeness (QED) is 0.730. The van der Waals surface area contributed by atoms with Gasteiger partial charge in [-0.1, -0.05) is 0 Å². The lowest BCUT2D eigenvalue weighted by Crippen LogP contribution is -2.11. The average molecular weight is 375 g/mol. The van der Waals surface area contributed by atoms with Gasteiger partial charge in [-0.15, -0.1) is 0 Å². The molecule has 0 spiro atoms. The van der Waals surface area contributed by atoms with E-state index in [4.69, 9.17) is 15.2 Å². The van der Waals surface area contributed by atoms with Crippen LogP contribution in [0.1, 0.15) is 31.2 Å². The van der Waals surface area contributed by atoms with Crippen LogP contribution in [0.25, 0.3) is 16.9 Å². The lowest BCUT2D eigenvalue weighted by Gasteiger charge is -2.16. The number of hydrogen-bond donors (Lipinski definition) is 1. The van der Waals surface area contributed by atoms with Crippen LogP contribution >= 0.6 is 0 Å². The number of methoxy groups -OCH3 is 1. The molecule has 1 aliphatic carbocycles. The van der Waals surface area contributed by atoms with Gasteiger partial charge >= 0.3 is 0 Å². The molecule has 2 N–H and O–H groups in total. The number of anilines is 1. The van der Waals surface area contributed by atoms with Crippen LogP contribution in [0.2, 0.25) is 0 Å². The molecule has 2 aromatic heterocycles. The molecule has 0 saturated heterocycles. The van der Waals surface area contributed by atoms with Crippen LogP contribution in [-0.2, 0) is 0 Å². The van der Waals surface area contributed by atoms with Crippen molar-refractivity contribution in [2.75, 3.05) is 12.8 Å². The SMILES string of the molecule is COc1cc(OC2CCCC2)cc(-c2cc(N)nc(-n3ccnc3)c2C#N)c1. The van der Waals surface area contributed by atoms with Gasteiger partial charge in [0.25, 0.3) is 0 Å². The Labute approximate surface area is 163 Å². The van der Waals surface area contributed by atoms with Gasteiger partial charge in [-0.3, -0.25) is 4.57 Å². The molecule has 1 fully saturated rings. The predicted octanol–water partition coefficient (Wildman–Crippen LogP) is 3.72. The van der Waals surface area contributed by atoms with Gasteiger partial charge in [0.1, 0.15) is 35.3 Å². The normalized spacial score (nSPS) is 14.0. The van der Waals surface area contributed by atoms with E-state index in [0.717, 1.165) is 24.2 Å². The van der Waals surface area contributed by atoms with E-state index in [9.17, 15) is 5.26 Å². The highest BCUT2D eigenvalue weighted by molar-refractivity contribution is 5.78. The average Bonchev–Trinajstić information content (AvgIpc) is 3.41. The predicted molar refractivity (Wildman–Crippen MR) is 105 cm³/mol. The number of hydrogen-bond acceptors (Lipinski definition) is 6. The van der Waals surface area contributed by atoms with Crippen molar-refractivity contribution >= 4 is 5.82 Å². The Morgan fingerprint density at radius 3 is 2.64 bits per heavy atom. The fourth-order valence-corrected chi connectivity index (χ4v) is 3.57. The second-order valence-corrected chi connectivity index (χ2v) is 6.80. The number of nitrogens with two attached hydrogens (primary N) is 1. The highest BCUT2D eigenvalue weighted by Gasteiger charge is 2.19. The molecular formula is C21H21N5O2. The van der Waals surface area contributed by atoms with Gasteiger partial charge in [0.05, 0.1) is 13.2 Å². The Morgan fingerprint density at radius 1 is 1.18 bits per heavy atom. The van der Waals surface area contributed by atoms with Crippen molar-refractivity contribution in [1.82, 2.24) is 14.5 Å². The van der Waals surface area contributed by atoms with Crippen molar-refractivity contribution in [3.8, 4) is 34.5 Å². The molecule has 2 heterocycles. The third kappa shape index (κ3) is 3.49. The van der Waals surface area contributed by atoms with Crippen molar-refractivity contribution in [1.29, 1.82) is 5.26 Å². The van der Waals surface area contributed by atoms with E-state index in [1.165, 1.54) is 12.8 Å². The molecule has 0 amide bonds. The molecule has 7 nitrogen and oxygen atoms in total. The molecule has 28 heavy (non-hydrogen) atoms. The highest BCUT2D eigenvalue weighted by atomic mass is 16.5. The smallest absolute Gasteiger partial charge is 0.158 e. The van der Waals surface area contributed by atoms with Crippen molar-refractivity contribution in [3.63, 3.8) is 0 Å². The van der Waals surface area contributed by atoms with Crippen LogP contribution in [0.4, 0.5) is 5.82 Å². The van der Waals surface area contributed by atoms with Crippen LogP contribution < -0.4 is 15.2 Å². The molecule has 1 saturated carbocycles. The number of ether oxygens (including phenoxy) is 2. The molecule has 1 aliphatic rings. The maximum absolute atomic E-state index is 9.85. The summed E-state index contributed by atoms with van der Waals surface area (Å²) in [5, 5.41) is 9.85. The van der Waals surface area contributed by atoms with Crippen molar-refractivity contribution < 1.29 is 9.47 Å². The molecule has 0 atom stereocenters. The van der Waals surface area contributed by atoms with Gasteiger partial charge in [-0.05, 0) is 49.4 Å². The zero-order chi connectivity index (χ0) is 19.5. The third-order valence-electron chi connectivity index (χ3n) is 4.91. The second-order valence-electron chi connectivity index (χ2n) is 6.80. The summed E-state index contributed by atoms with van der Waals surface area (Å²) in [6.45, 7) is 0.